The summed E-state index contributed by atoms with van der Waals surface area (Å²) in [4.78, 5) is 0. The van der Waals surface area contributed by atoms with Crippen molar-refractivity contribution in [2.45, 2.75) is 13.8 Å². The molecule has 0 fully saturated rings. The van der Waals surface area contributed by atoms with E-state index in [4.69, 9.17) is 0 Å². The third-order valence-electron chi connectivity index (χ3n) is 0.971. The van der Waals surface area contributed by atoms with E-state index in [1.807, 2.05) is 0 Å². The molecule has 0 aliphatic carbocycles. The summed E-state index contributed by atoms with van der Waals surface area (Å²) in [6, 6.07) is 0. The summed E-state index contributed by atoms with van der Waals surface area (Å²) in [6.07, 6.45) is 2.58. The molecule has 0 amide bonds. The predicted octanol–water partition coefficient (Wildman–Crippen LogP) is 1.48. The van der Waals surface area contributed by atoms with Crippen LogP contribution in [0.1, 0.15) is 13.8 Å². The Morgan fingerprint density at radius 2 is 1.31 bits per heavy atom. The third kappa shape index (κ3) is 6.93. The zero-order valence-electron chi connectivity index (χ0n) is 7.53. The Kier molecular flexibility index (Phi) is 5.43. The summed E-state index contributed by atoms with van der Waals surface area (Å²) in [5, 5.41) is 2.08. The van der Waals surface area contributed by atoms with E-state index in [1.54, 1.807) is 13.8 Å². The van der Waals surface area contributed by atoms with E-state index >= 15 is 0 Å². The molecule has 3 heteroatoms. The van der Waals surface area contributed by atoms with Gasteiger partial charge in [0.25, 0.3) is 0 Å². The quantitative estimate of drug-likeness (QED) is 0.624. The molecule has 0 N–H and O–H groups in total. The molecule has 0 atom stereocenters. The van der Waals surface area contributed by atoms with Crippen molar-refractivity contribution in [2.75, 3.05) is 0 Å². The molecule has 0 unspecified atom stereocenters. The summed E-state index contributed by atoms with van der Waals surface area (Å²) >= 11 is 0. The second-order valence-electron chi connectivity index (χ2n) is 1.98. The van der Waals surface area contributed by atoms with E-state index in [1.165, 1.54) is 12.2 Å². The number of hydrogen-bond acceptors (Lipinski definition) is 2. The Balaban J connectivity index is 4.55. The van der Waals surface area contributed by atoms with Crippen molar-refractivity contribution in [3.63, 3.8) is 0 Å². The fraction of sp³-hybridized carbons (Fsp3) is 0.200. The van der Waals surface area contributed by atoms with Crippen LogP contribution in [0.3, 0.4) is 0 Å². The molecule has 0 saturated carbocycles. The molecule has 0 rings (SSSR count). The molecule has 13 heavy (non-hydrogen) atoms. The van der Waals surface area contributed by atoms with Gasteiger partial charge in [-0.05, 0) is 26.0 Å². The maximum absolute atomic E-state index is 11.1. The molecule has 0 aromatic rings. The molecule has 68 valence electrons. The van der Waals surface area contributed by atoms with Gasteiger partial charge in [0.2, 0.25) is 0 Å². The van der Waals surface area contributed by atoms with Gasteiger partial charge in [-0.15, -0.1) is 11.8 Å². The summed E-state index contributed by atoms with van der Waals surface area (Å²) < 4.78 is 22.1. The normalized spacial score (nSPS) is 10.6. The van der Waals surface area contributed by atoms with Crippen molar-refractivity contribution < 1.29 is 8.42 Å². The zero-order valence-corrected chi connectivity index (χ0v) is 8.35. The molecule has 0 aromatic carbocycles. The minimum atomic E-state index is -3.29. The van der Waals surface area contributed by atoms with E-state index in [0.29, 0.717) is 0 Å². The minimum Gasteiger partial charge on any atom is -0.220 e. The highest BCUT2D eigenvalue weighted by molar-refractivity contribution is 7.97. The maximum Gasteiger partial charge on any atom is 0.194 e. The summed E-state index contributed by atoms with van der Waals surface area (Å²) in [5.74, 6) is 10.1. The first-order valence-corrected chi connectivity index (χ1v) is 5.16. The standard InChI is InChI=1S/C10H10O2S/c1-3-5-7-9-13(11,12)10-8-6-4-2/h7-10H,1-2H3. The summed E-state index contributed by atoms with van der Waals surface area (Å²) in [7, 11) is -3.29. The topological polar surface area (TPSA) is 34.1 Å². The van der Waals surface area contributed by atoms with Crippen LogP contribution in [-0.2, 0) is 9.84 Å². The van der Waals surface area contributed by atoms with Crippen molar-refractivity contribution in [2.24, 2.45) is 0 Å². The number of hydrogen-bond donors (Lipinski definition) is 0. The fourth-order valence-corrected chi connectivity index (χ4v) is 1.08. The lowest BCUT2D eigenvalue weighted by molar-refractivity contribution is 0.612. The van der Waals surface area contributed by atoms with Gasteiger partial charge in [0.05, 0.1) is 0 Å². The molecule has 0 heterocycles. The highest BCUT2D eigenvalue weighted by Gasteiger charge is 1.95. The van der Waals surface area contributed by atoms with Gasteiger partial charge in [-0.1, -0.05) is 11.8 Å². The Labute approximate surface area is 79.3 Å². The molecular formula is C10H10O2S. The first-order valence-electron chi connectivity index (χ1n) is 3.55. The SMILES string of the molecule is CC#CC=CS(=O)(=O)C=CC#CC. The van der Waals surface area contributed by atoms with Crippen molar-refractivity contribution in [3.05, 3.63) is 23.0 Å². The van der Waals surface area contributed by atoms with E-state index in [2.05, 4.69) is 23.7 Å². The van der Waals surface area contributed by atoms with Gasteiger partial charge in [0, 0.05) is 10.8 Å². The van der Waals surface area contributed by atoms with E-state index in [9.17, 15) is 8.42 Å². The minimum absolute atomic E-state index is 1.04. The van der Waals surface area contributed by atoms with Gasteiger partial charge in [-0.3, -0.25) is 0 Å². The molecule has 0 saturated heterocycles. The second-order valence-corrected chi connectivity index (χ2v) is 3.71. The van der Waals surface area contributed by atoms with E-state index in [0.717, 1.165) is 10.8 Å². The van der Waals surface area contributed by atoms with Gasteiger partial charge in [0.1, 0.15) is 0 Å². The first-order chi connectivity index (χ1) is 6.12. The highest BCUT2D eigenvalue weighted by atomic mass is 32.2. The highest BCUT2D eigenvalue weighted by Crippen LogP contribution is 1.93. The average molecular weight is 194 g/mol. The van der Waals surface area contributed by atoms with Crippen molar-refractivity contribution in [3.8, 4) is 23.7 Å². The first kappa shape index (κ1) is 11.6. The Morgan fingerprint density at radius 1 is 0.923 bits per heavy atom. The molecule has 2 nitrogen and oxygen atoms in total. The van der Waals surface area contributed by atoms with Crippen LogP contribution in [0.15, 0.2) is 23.0 Å². The van der Waals surface area contributed by atoms with Crippen LogP contribution in [0.25, 0.3) is 0 Å². The van der Waals surface area contributed by atoms with Gasteiger partial charge in [-0.25, -0.2) is 8.42 Å². The van der Waals surface area contributed by atoms with Gasteiger partial charge < -0.3 is 0 Å². The molecule has 0 aliphatic rings. The Hall–Kier alpha value is -1.45. The van der Waals surface area contributed by atoms with Gasteiger partial charge >= 0.3 is 0 Å². The van der Waals surface area contributed by atoms with Crippen LogP contribution in [-0.4, -0.2) is 8.42 Å². The lowest BCUT2D eigenvalue weighted by atomic mass is 10.6. The van der Waals surface area contributed by atoms with Crippen molar-refractivity contribution in [1.29, 1.82) is 0 Å². The van der Waals surface area contributed by atoms with Gasteiger partial charge in [0.15, 0.2) is 9.84 Å². The van der Waals surface area contributed by atoms with Crippen LogP contribution >= 0.6 is 0 Å². The number of sulfone groups is 1. The smallest absolute Gasteiger partial charge is 0.194 e. The Morgan fingerprint density at radius 3 is 1.62 bits per heavy atom. The lowest BCUT2D eigenvalue weighted by Gasteiger charge is -1.82. The molecule has 0 bridgehead atoms. The van der Waals surface area contributed by atoms with Crippen LogP contribution in [0, 0.1) is 23.7 Å². The third-order valence-corrected chi connectivity index (χ3v) is 2.00. The maximum atomic E-state index is 11.1. The van der Waals surface area contributed by atoms with Crippen LogP contribution in [0.5, 0.6) is 0 Å². The number of rotatable bonds is 2. The van der Waals surface area contributed by atoms with E-state index in [-0.39, 0.29) is 0 Å². The van der Waals surface area contributed by atoms with Crippen molar-refractivity contribution in [1.82, 2.24) is 0 Å². The summed E-state index contributed by atoms with van der Waals surface area (Å²) in [5.41, 5.74) is 0. The lowest BCUT2D eigenvalue weighted by Crippen LogP contribution is -1.86. The monoisotopic (exact) mass is 194 g/mol. The van der Waals surface area contributed by atoms with E-state index < -0.39 is 9.84 Å². The molecule has 0 spiro atoms. The second kappa shape index (κ2) is 6.11. The molecular weight excluding hydrogens is 184 g/mol. The van der Waals surface area contributed by atoms with Crippen LogP contribution in [0.2, 0.25) is 0 Å². The van der Waals surface area contributed by atoms with Crippen LogP contribution < -0.4 is 0 Å². The summed E-state index contributed by atoms with van der Waals surface area (Å²) in [6.45, 7) is 3.27. The van der Waals surface area contributed by atoms with Crippen LogP contribution in [0.4, 0.5) is 0 Å². The average Bonchev–Trinajstić information content (AvgIpc) is 2.05. The van der Waals surface area contributed by atoms with Gasteiger partial charge in [-0.2, -0.15) is 0 Å². The van der Waals surface area contributed by atoms with Crippen molar-refractivity contribution >= 4 is 9.84 Å². The fourth-order valence-electron chi connectivity index (χ4n) is 0.470. The number of allylic oxidation sites excluding steroid dienone is 2. The zero-order chi connectivity index (χ0) is 10.2. The largest absolute Gasteiger partial charge is 0.220 e. The Bertz CT molecular complexity index is 381. The predicted molar refractivity (Wildman–Crippen MR) is 54.1 cm³/mol. The molecule has 0 aliphatic heterocycles. The molecule has 0 aromatic heterocycles. The molecule has 0 radical (unpaired) electrons.